The first-order chi connectivity index (χ1) is 14.9. The maximum atomic E-state index is 12.5. The van der Waals surface area contributed by atoms with Crippen molar-refractivity contribution in [3.05, 3.63) is 58.6 Å². The zero-order valence-electron chi connectivity index (χ0n) is 17.0. The minimum atomic E-state index is -0.696. The summed E-state index contributed by atoms with van der Waals surface area (Å²) >= 11 is 3.33. The Hall–Kier alpha value is -2.91. The van der Waals surface area contributed by atoms with Crippen LogP contribution in [0.2, 0.25) is 0 Å². The van der Waals surface area contributed by atoms with Crippen molar-refractivity contribution in [3.63, 3.8) is 0 Å². The summed E-state index contributed by atoms with van der Waals surface area (Å²) in [6.45, 7) is 2.61. The van der Waals surface area contributed by atoms with E-state index < -0.39 is 5.97 Å². The molecule has 0 aliphatic carbocycles. The normalized spacial score (nSPS) is 15.8. The SMILES string of the molecule is CC1CN(C(=O)COC(=O)c2ccccc2OCC(=O)Nc2ccc(Br)cc2)CCO1. The fourth-order valence-corrected chi connectivity index (χ4v) is 3.24. The Balaban J connectivity index is 1.52. The standard InChI is InChI=1S/C22H23BrN2O6/c1-15-12-25(10-11-29-15)21(27)14-31-22(28)18-4-2-3-5-19(18)30-13-20(26)24-17-8-6-16(23)7-9-17/h2-9,15H,10-14H2,1H3,(H,24,26). The van der Waals surface area contributed by atoms with Gasteiger partial charge in [-0.25, -0.2) is 4.79 Å². The fraction of sp³-hybridized carbons (Fsp3) is 0.318. The van der Waals surface area contributed by atoms with Crippen LogP contribution in [-0.4, -0.2) is 61.7 Å². The number of amides is 2. The molecule has 0 bridgehead atoms. The van der Waals surface area contributed by atoms with E-state index in [-0.39, 0.29) is 42.4 Å². The molecule has 1 heterocycles. The molecular formula is C22H23BrN2O6. The van der Waals surface area contributed by atoms with E-state index in [0.29, 0.717) is 25.4 Å². The van der Waals surface area contributed by atoms with Gasteiger partial charge in [0.05, 0.1) is 12.7 Å². The number of para-hydroxylation sites is 1. The van der Waals surface area contributed by atoms with Gasteiger partial charge in [-0.05, 0) is 43.3 Å². The summed E-state index contributed by atoms with van der Waals surface area (Å²) in [6.07, 6.45) is -0.0499. The fourth-order valence-electron chi connectivity index (χ4n) is 2.98. The quantitative estimate of drug-likeness (QED) is 0.599. The van der Waals surface area contributed by atoms with Gasteiger partial charge in [-0.3, -0.25) is 9.59 Å². The molecule has 1 unspecified atom stereocenters. The Morgan fingerprint density at radius 3 is 2.61 bits per heavy atom. The number of anilines is 1. The summed E-state index contributed by atoms with van der Waals surface area (Å²) in [4.78, 5) is 38.5. The van der Waals surface area contributed by atoms with E-state index in [0.717, 1.165) is 4.47 Å². The molecule has 0 aromatic heterocycles. The van der Waals surface area contributed by atoms with Crippen LogP contribution in [0.1, 0.15) is 17.3 Å². The van der Waals surface area contributed by atoms with Crippen molar-refractivity contribution in [1.29, 1.82) is 0 Å². The van der Waals surface area contributed by atoms with Crippen molar-refractivity contribution in [2.75, 3.05) is 38.2 Å². The summed E-state index contributed by atoms with van der Waals surface area (Å²) in [5, 5.41) is 2.71. The smallest absolute Gasteiger partial charge is 0.342 e. The number of benzene rings is 2. The number of nitrogens with zero attached hydrogens (tertiary/aromatic N) is 1. The van der Waals surface area contributed by atoms with Gasteiger partial charge >= 0.3 is 5.97 Å². The van der Waals surface area contributed by atoms with Gasteiger partial charge in [-0.2, -0.15) is 0 Å². The Morgan fingerprint density at radius 2 is 1.87 bits per heavy atom. The lowest BCUT2D eigenvalue weighted by molar-refractivity contribution is -0.141. The number of rotatable bonds is 7. The van der Waals surface area contributed by atoms with Crippen molar-refractivity contribution in [1.82, 2.24) is 4.90 Å². The molecule has 2 amide bonds. The molecule has 0 radical (unpaired) electrons. The Morgan fingerprint density at radius 1 is 1.13 bits per heavy atom. The number of carbonyl (C=O) groups is 3. The van der Waals surface area contributed by atoms with Crippen LogP contribution in [0.5, 0.6) is 5.75 Å². The zero-order chi connectivity index (χ0) is 22.2. The first kappa shape index (κ1) is 22.8. The molecular weight excluding hydrogens is 468 g/mol. The number of morpholine rings is 1. The van der Waals surface area contributed by atoms with Crippen LogP contribution in [-0.2, 0) is 19.1 Å². The molecule has 164 valence electrons. The van der Waals surface area contributed by atoms with Gasteiger partial charge in [0.25, 0.3) is 11.8 Å². The van der Waals surface area contributed by atoms with E-state index >= 15 is 0 Å². The average Bonchev–Trinajstić information content (AvgIpc) is 2.77. The Labute approximate surface area is 188 Å². The molecule has 9 heteroatoms. The summed E-state index contributed by atoms with van der Waals surface area (Å²) in [7, 11) is 0. The van der Waals surface area contributed by atoms with E-state index in [9.17, 15) is 14.4 Å². The largest absolute Gasteiger partial charge is 0.483 e. The van der Waals surface area contributed by atoms with Gasteiger partial charge in [0, 0.05) is 23.2 Å². The van der Waals surface area contributed by atoms with Crippen molar-refractivity contribution in [2.45, 2.75) is 13.0 Å². The lowest BCUT2D eigenvalue weighted by Crippen LogP contribution is -2.46. The van der Waals surface area contributed by atoms with Gasteiger partial charge in [0.15, 0.2) is 13.2 Å². The second-order valence-corrected chi connectivity index (χ2v) is 7.85. The van der Waals surface area contributed by atoms with Crippen molar-refractivity contribution >= 4 is 39.4 Å². The number of carbonyl (C=O) groups excluding carboxylic acids is 3. The molecule has 1 aliphatic heterocycles. The molecule has 1 N–H and O–H groups in total. The van der Waals surface area contributed by atoms with Gasteiger partial charge in [0.2, 0.25) is 0 Å². The summed E-state index contributed by atoms with van der Waals surface area (Å²) in [6, 6.07) is 13.5. The Kier molecular flexibility index (Phi) is 8.02. The molecule has 3 rings (SSSR count). The predicted molar refractivity (Wildman–Crippen MR) is 117 cm³/mol. The molecule has 1 saturated heterocycles. The second-order valence-electron chi connectivity index (χ2n) is 6.94. The third-order valence-electron chi connectivity index (χ3n) is 4.51. The van der Waals surface area contributed by atoms with E-state index in [1.807, 2.05) is 6.92 Å². The number of hydrogen-bond donors (Lipinski definition) is 1. The molecule has 1 fully saturated rings. The third-order valence-corrected chi connectivity index (χ3v) is 5.04. The molecule has 1 atom stereocenters. The number of hydrogen-bond acceptors (Lipinski definition) is 6. The first-order valence-corrected chi connectivity index (χ1v) is 10.6. The predicted octanol–water partition coefficient (Wildman–Crippen LogP) is 2.87. The van der Waals surface area contributed by atoms with Crippen molar-refractivity contribution in [3.8, 4) is 5.75 Å². The van der Waals surface area contributed by atoms with E-state index in [4.69, 9.17) is 14.2 Å². The maximum Gasteiger partial charge on any atom is 0.342 e. The number of ether oxygens (including phenoxy) is 3. The summed E-state index contributed by atoms with van der Waals surface area (Å²) in [5.41, 5.74) is 0.766. The van der Waals surface area contributed by atoms with E-state index in [1.54, 1.807) is 47.4 Å². The van der Waals surface area contributed by atoms with Crippen LogP contribution in [0.15, 0.2) is 53.0 Å². The van der Waals surface area contributed by atoms with E-state index in [1.165, 1.54) is 6.07 Å². The lowest BCUT2D eigenvalue weighted by atomic mass is 10.2. The first-order valence-electron chi connectivity index (χ1n) is 9.76. The van der Waals surface area contributed by atoms with E-state index in [2.05, 4.69) is 21.2 Å². The average molecular weight is 491 g/mol. The highest BCUT2D eigenvalue weighted by Crippen LogP contribution is 2.20. The highest BCUT2D eigenvalue weighted by atomic mass is 79.9. The molecule has 31 heavy (non-hydrogen) atoms. The van der Waals surface area contributed by atoms with Crippen LogP contribution in [0, 0.1) is 0 Å². The summed E-state index contributed by atoms with van der Waals surface area (Å²) < 4.78 is 17.0. The Bertz CT molecular complexity index is 934. The molecule has 2 aromatic carbocycles. The highest BCUT2D eigenvalue weighted by molar-refractivity contribution is 9.10. The van der Waals surface area contributed by atoms with Crippen LogP contribution in [0.4, 0.5) is 5.69 Å². The van der Waals surface area contributed by atoms with Crippen LogP contribution < -0.4 is 10.1 Å². The molecule has 2 aromatic rings. The minimum absolute atomic E-state index is 0.0499. The van der Waals surface area contributed by atoms with Gasteiger partial charge in [-0.1, -0.05) is 28.1 Å². The van der Waals surface area contributed by atoms with Gasteiger partial charge in [-0.15, -0.1) is 0 Å². The van der Waals surface area contributed by atoms with Crippen LogP contribution in [0.3, 0.4) is 0 Å². The monoisotopic (exact) mass is 490 g/mol. The number of nitrogens with one attached hydrogen (secondary N) is 1. The van der Waals surface area contributed by atoms with Gasteiger partial charge < -0.3 is 24.4 Å². The maximum absolute atomic E-state index is 12.5. The number of esters is 1. The lowest BCUT2D eigenvalue weighted by Gasteiger charge is -2.30. The zero-order valence-corrected chi connectivity index (χ0v) is 18.6. The van der Waals surface area contributed by atoms with Crippen molar-refractivity contribution in [2.24, 2.45) is 0 Å². The molecule has 1 aliphatic rings. The topological polar surface area (TPSA) is 94.2 Å². The van der Waals surface area contributed by atoms with Crippen molar-refractivity contribution < 1.29 is 28.6 Å². The third kappa shape index (κ3) is 6.80. The minimum Gasteiger partial charge on any atom is -0.483 e. The van der Waals surface area contributed by atoms with Crippen LogP contribution in [0.25, 0.3) is 0 Å². The molecule has 0 spiro atoms. The van der Waals surface area contributed by atoms with Gasteiger partial charge in [0.1, 0.15) is 11.3 Å². The second kappa shape index (κ2) is 10.9. The molecule has 0 saturated carbocycles. The number of halogens is 1. The molecule has 8 nitrogen and oxygen atoms in total. The summed E-state index contributed by atoms with van der Waals surface area (Å²) in [5.74, 6) is -1.15. The van der Waals surface area contributed by atoms with Crippen LogP contribution >= 0.6 is 15.9 Å². The highest BCUT2D eigenvalue weighted by Gasteiger charge is 2.23.